The van der Waals surface area contributed by atoms with Gasteiger partial charge in [0.15, 0.2) is 11.0 Å². The predicted octanol–water partition coefficient (Wildman–Crippen LogP) is 3.13. The largest absolute Gasteiger partial charge is 0.243 e. The van der Waals surface area contributed by atoms with Gasteiger partial charge in [-0.1, -0.05) is 23.2 Å². The molecule has 62 valence electrons. The minimum Gasteiger partial charge on any atom is -0.243 e. The topological polar surface area (TPSA) is 38.9 Å². The van der Waals surface area contributed by atoms with E-state index in [1.807, 2.05) is 0 Å². The lowest BCUT2D eigenvalue weighted by atomic mass is 10.3. The Morgan fingerprint density at radius 3 is 2.67 bits per heavy atom. The van der Waals surface area contributed by atoms with Gasteiger partial charge in [0, 0.05) is 3.57 Å². The highest BCUT2D eigenvalue weighted by atomic mass is 127. The average Bonchev–Trinajstić information content (AvgIpc) is 2.48. The van der Waals surface area contributed by atoms with Gasteiger partial charge in [-0.3, -0.25) is 0 Å². The third-order valence-corrected chi connectivity index (χ3v) is 3.23. The fourth-order valence-electron chi connectivity index (χ4n) is 0.845. The van der Waals surface area contributed by atoms with Gasteiger partial charge < -0.3 is 0 Å². The lowest BCUT2D eigenvalue weighted by Gasteiger charge is -1.95. The monoisotopic (exact) mass is 314 g/mol. The minimum absolute atomic E-state index is 0.500. The van der Waals surface area contributed by atoms with Crippen LogP contribution in [0.25, 0.3) is 11.0 Å². The van der Waals surface area contributed by atoms with Gasteiger partial charge >= 0.3 is 0 Å². The highest BCUT2D eigenvalue weighted by molar-refractivity contribution is 14.1. The van der Waals surface area contributed by atoms with E-state index >= 15 is 0 Å². The fourth-order valence-corrected chi connectivity index (χ4v) is 2.01. The number of rotatable bonds is 0. The molecule has 0 aliphatic rings. The summed E-state index contributed by atoms with van der Waals surface area (Å²) >= 11 is 13.8. The van der Waals surface area contributed by atoms with Crippen LogP contribution in [-0.2, 0) is 0 Å². The molecule has 0 saturated heterocycles. The van der Waals surface area contributed by atoms with Crippen molar-refractivity contribution in [2.75, 3.05) is 0 Å². The van der Waals surface area contributed by atoms with Gasteiger partial charge in [-0.05, 0) is 39.0 Å². The van der Waals surface area contributed by atoms with Crippen LogP contribution in [-0.4, -0.2) is 10.3 Å². The van der Waals surface area contributed by atoms with Gasteiger partial charge in [-0.2, -0.15) is 0 Å². The SMILES string of the molecule is Clc1cc(I)c(Cl)c2nonc12. The number of hydrogen-bond acceptors (Lipinski definition) is 3. The standard InChI is InChI=1S/C6HCl2IN2O/c7-2-1-3(9)4(8)6-5(2)10-12-11-6/h1H. The van der Waals surface area contributed by atoms with E-state index in [-0.39, 0.29) is 0 Å². The summed E-state index contributed by atoms with van der Waals surface area (Å²) in [7, 11) is 0. The van der Waals surface area contributed by atoms with Crippen molar-refractivity contribution in [1.82, 2.24) is 10.3 Å². The van der Waals surface area contributed by atoms with E-state index in [1.165, 1.54) is 0 Å². The molecule has 0 radical (unpaired) electrons. The molecular weight excluding hydrogens is 314 g/mol. The molecule has 0 saturated carbocycles. The number of hydrogen-bond donors (Lipinski definition) is 0. The molecule has 1 aromatic carbocycles. The van der Waals surface area contributed by atoms with Gasteiger partial charge in [-0.25, -0.2) is 4.63 Å². The van der Waals surface area contributed by atoms with Crippen molar-refractivity contribution in [3.8, 4) is 0 Å². The Morgan fingerprint density at radius 1 is 1.25 bits per heavy atom. The zero-order valence-corrected chi connectivity index (χ0v) is 9.18. The van der Waals surface area contributed by atoms with E-state index in [0.717, 1.165) is 3.57 Å². The third-order valence-electron chi connectivity index (χ3n) is 1.39. The van der Waals surface area contributed by atoms with Gasteiger partial charge in [0.2, 0.25) is 0 Å². The smallest absolute Gasteiger partial charge is 0.156 e. The maximum absolute atomic E-state index is 5.91. The zero-order chi connectivity index (χ0) is 8.72. The first-order valence-corrected chi connectivity index (χ1v) is 4.79. The number of fused-ring (bicyclic) bond motifs is 1. The van der Waals surface area contributed by atoms with Crippen molar-refractivity contribution in [2.24, 2.45) is 0 Å². The molecule has 0 aliphatic carbocycles. The quantitative estimate of drug-likeness (QED) is 0.554. The summed E-state index contributed by atoms with van der Waals surface area (Å²) in [6, 6.07) is 1.72. The minimum atomic E-state index is 0.500. The van der Waals surface area contributed by atoms with Crippen LogP contribution in [0.15, 0.2) is 10.7 Å². The molecule has 0 amide bonds. The van der Waals surface area contributed by atoms with E-state index in [1.54, 1.807) is 6.07 Å². The third kappa shape index (κ3) is 1.18. The lowest BCUT2D eigenvalue weighted by Crippen LogP contribution is -1.79. The molecule has 0 fully saturated rings. The van der Waals surface area contributed by atoms with Crippen molar-refractivity contribution >= 4 is 56.8 Å². The first kappa shape index (κ1) is 8.52. The second kappa shape index (κ2) is 3.01. The molecule has 0 aliphatic heterocycles. The predicted molar refractivity (Wildman–Crippen MR) is 54.5 cm³/mol. The fraction of sp³-hybridized carbons (Fsp3) is 0. The van der Waals surface area contributed by atoms with Gasteiger partial charge in [0.25, 0.3) is 0 Å². The van der Waals surface area contributed by atoms with Crippen LogP contribution >= 0.6 is 45.8 Å². The summed E-state index contributed by atoms with van der Waals surface area (Å²) in [5.41, 5.74) is 1.01. The molecule has 0 unspecified atom stereocenters. The van der Waals surface area contributed by atoms with Crippen molar-refractivity contribution in [3.63, 3.8) is 0 Å². The van der Waals surface area contributed by atoms with E-state index in [2.05, 4.69) is 37.5 Å². The Bertz CT molecular complexity index is 442. The van der Waals surface area contributed by atoms with E-state index in [4.69, 9.17) is 23.2 Å². The molecule has 0 atom stereocenters. The van der Waals surface area contributed by atoms with E-state index in [9.17, 15) is 0 Å². The first-order valence-electron chi connectivity index (χ1n) is 2.96. The number of aromatic nitrogens is 2. The normalized spacial score (nSPS) is 10.9. The molecule has 0 bridgehead atoms. The highest BCUT2D eigenvalue weighted by Crippen LogP contribution is 2.31. The van der Waals surface area contributed by atoms with Gasteiger partial charge in [0.1, 0.15) is 0 Å². The molecular formula is C6HCl2IN2O. The van der Waals surface area contributed by atoms with Crippen molar-refractivity contribution < 1.29 is 4.63 Å². The Morgan fingerprint density at radius 2 is 1.92 bits per heavy atom. The summed E-state index contributed by atoms with van der Waals surface area (Å²) in [5, 5.41) is 8.27. The molecule has 2 rings (SSSR count). The van der Waals surface area contributed by atoms with E-state index in [0.29, 0.717) is 21.1 Å². The molecule has 6 heteroatoms. The van der Waals surface area contributed by atoms with Crippen LogP contribution < -0.4 is 0 Å². The summed E-state index contributed by atoms with van der Waals surface area (Å²) in [6.45, 7) is 0. The van der Waals surface area contributed by atoms with Crippen LogP contribution in [0, 0.1) is 3.57 Å². The second-order valence-electron chi connectivity index (χ2n) is 2.12. The van der Waals surface area contributed by atoms with Gasteiger partial charge in [0.05, 0.1) is 10.0 Å². The number of benzene rings is 1. The van der Waals surface area contributed by atoms with Crippen molar-refractivity contribution in [1.29, 1.82) is 0 Å². The average molecular weight is 315 g/mol. The Balaban J connectivity index is 2.97. The van der Waals surface area contributed by atoms with Crippen molar-refractivity contribution in [2.45, 2.75) is 0 Å². The maximum Gasteiger partial charge on any atom is 0.156 e. The highest BCUT2D eigenvalue weighted by Gasteiger charge is 2.12. The van der Waals surface area contributed by atoms with Crippen LogP contribution in [0.1, 0.15) is 0 Å². The Kier molecular flexibility index (Phi) is 2.14. The second-order valence-corrected chi connectivity index (χ2v) is 4.06. The Hall–Kier alpha value is -0.0700. The summed E-state index contributed by atoms with van der Waals surface area (Å²) in [5.74, 6) is 0. The van der Waals surface area contributed by atoms with Crippen molar-refractivity contribution in [3.05, 3.63) is 19.7 Å². The Labute approximate surface area is 91.1 Å². The maximum atomic E-state index is 5.91. The first-order chi connectivity index (χ1) is 5.70. The molecule has 12 heavy (non-hydrogen) atoms. The van der Waals surface area contributed by atoms with Gasteiger partial charge in [-0.15, -0.1) is 0 Å². The number of halogens is 3. The molecule has 1 heterocycles. The summed E-state index contributed by atoms with van der Waals surface area (Å²) in [6.07, 6.45) is 0. The molecule has 1 aromatic heterocycles. The zero-order valence-electron chi connectivity index (χ0n) is 5.51. The van der Waals surface area contributed by atoms with Crippen LogP contribution in [0.3, 0.4) is 0 Å². The van der Waals surface area contributed by atoms with Crippen LogP contribution in [0.5, 0.6) is 0 Å². The van der Waals surface area contributed by atoms with E-state index < -0.39 is 0 Å². The molecule has 0 spiro atoms. The summed E-state index contributed by atoms with van der Waals surface area (Å²) < 4.78 is 5.34. The summed E-state index contributed by atoms with van der Waals surface area (Å²) in [4.78, 5) is 0. The molecule has 2 aromatic rings. The lowest BCUT2D eigenvalue weighted by molar-refractivity contribution is 0.315. The van der Waals surface area contributed by atoms with Crippen LogP contribution in [0.2, 0.25) is 10.0 Å². The van der Waals surface area contributed by atoms with Crippen LogP contribution in [0.4, 0.5) is 0 Å². The molecule has 0 N–H and O–H groups in total. The molecule has 3 nitrogen and oxygen atoms in total. The number of nitrogens with zero attached hydrogens (tertiary/aromatic N) is 2.